The van der Waals surface area contributed by atoms with Crippen LogP contribution in [0.15, 0.2) is 36.4 Å². The quantitative estimate of drug-likeness (QED) is 0.416. The largest absolute Gasteiger partial charge is 0.468 e. The molecule has 0 N–H and O–H groups in total. The van der Waals surface area contributed by atoms with Gasteiger partial charge in [-0.2, -0.15) is 0 Å². The fourth-order valence-corrected chi connectivity index (χ4v) is 2.68. The molecule has 0 saturated carbocycles. The molecule has 0 radical (unpaired) electrons. The summed E-state index contributed by atoms with van der Waals surface area (Å²) in [6.45, 7) is 3.54. The van der Waals surface area contributed by atoms with E-state index in [2.05, 4.69) is 0 Å². The van der Waals surface area contributed by atoms with E-state index in [1.807, 2.05) is 37.3 Å². The summed E-state index contributed by atoms with van der Waals surface area (Å²) in [4.78, 5) is 36.4. The van der Waals surface area contributed by atoms with Crippen LogP contribution in [0, 0.1) is 17.8 Å². The van der Waals surface area contributed by atoms with Crippen molar-refractivity contribution in [3.63, 3.8) is 0 Å². The van der Waals surface area contributed by atoms with Crippen LogP contribution >= 0.6 is 0 Å². The Morgan fingerprint density at radius 1 is 1.04 bits per heavy atom. The van der Waals surface area contributed by atoms with Gasteiger partial charge in [-0.05, 0) is 17.6 Å². The Balaban J connectivity index is 2.95. The molecule has 0 unspecified atom stereocenters. The maximum absolute atomic E-state index is 12.5. The second-order valence-electron chi connectivity index (χ2n) is 5.53. The number of rotatable bonds is 8. The lowest BCUT2D eigenvalue weighted by Crippen LogP contribution is -2.38. The van der Waals surface area contributed by atoms with Gasteiger partial charge >= 0.3 is 11.9 Å². The van der Waals surface area contributed by atoms with Gasteiger partial charge in [-0.1, -0.05) is 56.7 Å². The molecule has 0 bridgehead atoms. The third kappa shape index (κ3) is 5.05. The normalized spacial score (nSPS) is 13.5. The lowest BCUT2D eigenvalue weighted by Gasteiger charge is -2.26. The fraction of sp³-hybridized carbons (Fsp3) is 0.421. The second kappa shape index (κ2) is 9.65. The zero-order chi connectivity index (χ0) is 18.1. The van der Waals surface area contributed by atoms with Gasteiger partial charge in [-0.3, -0.25) is 14.4 Å². The van der Waals surface area contributed by atoms with Gasteiger partial charge in [0.1, 0.15) is 0 Å². The van der Waals surface area contributed by atoms with Crippen molar-refractivity contribution in [1.82, 2.24) is 0 Å². The summed E-state index contributed by atoms with van der Waals surface area (Å²) in [5.74, 6) is -3.62. The van der Waals surface area contributed by atoms with Crippen LogP contribution in [0.3, 0.4) is 0 Å². The Kier molecular flexibility index (Phi) is 7.89. The first-order valence-corrected chi connectivity index (χ1v) is 7.88. The van der Waals surface area contributed by atoms with E-state index in [1.54, 1.807) is 13.0 Å². The molecule has 1 rings (SSSR count). The van der Waals surface area contributed by atoms with Crippen LogP contribution in [0.25, 0.3) is 6.08 Å². The zero-order valence-electron chi connectivity index (χ0n) is 14.5. The average Bonchev–Trinajstić information content (AvgIpc) is 2.63. The van der Waals surface area contributed by atoms with Gasteiger partial charge < -0.3 is 9.47 Å². The topological polar surface area (TPSA) is 69.7 Å². The number of benzene rings is 1. The molecule has 130 valence electrons. The summed E-state index contributed by atoms with van der Waals surface area (Å²) in [5.41, 5.74) is 0.906. The van der Waals surface area contributed by atoms with Crippen molar-refractivity contribution in [3.8, 4) is 0 Å². The van der Waals surface area contributed by atoms with Gasteiger partial charge in [-0.15, -0.1) is 0 Å². The highest BCUT2D eigenvalue weighted by molar-refractivity contribution is 5.98. The number of ether oxygens (including phenoxy) is 2. The molecule has 0 aliphatic rings. The van der Waals surface area contributed by atoms with E-state index in [9.17, 15) is 14.4 Å². The number of esters is 2. The zero-order valence-corrected chi connectivity index (χ0v) is 14.5. The van der Waals surface area contributed by atoms with E-state index in [0.717, 1.165) is 5.56 Å². The molecule has 5 heteroatoms. The van der Waals surface area contributed by atoms with E-state index >= 15 is 0 Å². The lowest BCUT2D eigenvalue weighted by atomic mass is 9.78. The van der Waals surface area contributed by atoms with Gasteiger partial charge in [0.2, 0.25) is 0 Å². The average molecular weight is 332 g/mol. The molecule has 0 aliphatic carbocycles. The Morgan fingerprint density at radius 3 is 2.04 bits per heavy atom. The molecule has 0 saturated heterocycles. The number of methoxy groups -OCH3 is 2. The van der Waals surface area contributed by atoms with Crippen molar-refractivity contribution in [2.45, 2.75) is 20.3 Å². The molecule has 24 heavy (non-hydrogen) atoms. The molecule has 0 fully saturated rings. The van der Waals surface area contributed by atoms with Crippen molar-refractivity contribution < 1.29 is 23.9 Å². The van der Waals surface area contributed by atoms with Gasteiger partial charge in [-0.25, -0.2) is 0 Å². The van der Waals surface area contributed by atoms with Crippen LogP contribution in [-0.4, -0.2) is 31.9 Å². The summed E-state index contributed by atoms with van der Waals surface area (Å²) in [5, 5.41) is 0. The first-order valence-electron chi connectivity index (χ1n) is 7.88. The minimum Gasteiger partial charge on any atom is -0.468 e. The number of allylic oxidation sites excluding steroid dienone is 1. The van der Waals surface area contributed by atoms with Crippen molar-refractivity contribution in [3.05, 3.63) is 42.0 Å². The number of carbonyl (C=O) groups is 3. The Bertz CT molecular complexity index is 575. The predicted octanol–water partition coefficient (Wildman–Crippen LogP) is 2.89. The van der Waals surface area contributed by atoms with Crippen molar-refractivity contribution in [2.24, 2.45) is 17.8 Å². The molecular weight excluding hydrogens is 308 g/mol. The van der Waals surface area contributed by atoms with E-state index in [-0.39, 0.29) is 5.78 Å². The van der Waals surface area contributed by atoms with E-state index in [0.29, 0.717) is 6.42 Å². The fourth-order valence-electron chi connectivity index (χ4n) is 2.68. The summed E-state index contributed by atoms with van der Waals surface area (Å²) >= 11 is 0. The molecule has 1 aromatic rings. The van der Waals surface area contributed by atoms with E-state index < -0.39 is 29.7 Å². The molecule has 2 atom stereocenters. The van der Waals surface area contributed by atoms with Crippen molar-refractivity contribution >= 4 is 23.8 Å². The molecule has 0 amide bonds. The highest BCUT2D eigenvalue weighted by Gasteiger charge is 2.40. The Labute approximate surface area is 142 Å². The first-order chi connectivity index (χ1) is 11.5. The summed E-state index contributed by atoms with van der Waals surface area (Å²) in [6.07, 6.45) is 3.67. The minimum absolute atomic E-state index is 0.150. The number of hydrogen-bond donors (Lipinski definition) is 0. The van der Waals surface area contributed by atoms with Crippen LogP contribution in [0.4, 0.5) is 0 Å². The molecule has 5 nitrogen and oxygen atoms in total. The highest BCUT2D eigenvalue weighted by atomic mass is 16.5. The molecule has 0 aliphatic heterocycles. The van der Waals surface area contributed by atoms with Crippen molar-refractivity contribution in [1.29, 1.82) is 0 Å². The van der Waals surface area contributed by atoms with Crippen molar-refractivity contribution in [2.75, 3.05) is 14.2 Å². The van der Waals surface area contributed by atoms with Gasteiger partial charge in [0, 0.05) is 5.92 Å². The Morgan fingerprint density at radius 2 is 1.58 bits per heavy atom. The van der Waals surface area contributed by atoms with Gasteiger partial charge in [0.05, 0.1) is 14.2 Å². The number of carbonyl (C=O) groups excluding carboxylic acids is 3. The smallest absolute Gasteiger partial charge is 0.320 e. The van der Waals surface area contributed by atoms with Crippen LogP contribution in [0.5, 0.6) is 0 Å². The van der Waals surface area contributed by atoms with Crippen LogP contribution in [0.1, 0.15) is 25.8 Å². The summed E-state index contributed by atoms with van der Waals surface area (Å²) in [6, 6.07) is 9.43. The SMILES string of the molecule is CC[C@H](C(C(=O)OC)C(=O)OC)[C@@H](C)C(=O)/C=C/c1ccccc1. The third-order valence-electron chi connectivity index (χ3n) is 4.14. The minimum atomic E-state index is -1.10. The molecule has 0 heterocycles. The van der Waals surface area contributed by atoms with E-state index in [4.69, 9.17) is 9.47 Å². The van der Waals surface area contributed by atoms with E-state index in [1.165, 1.54) is 20.3 Å². The van der Waals surface area contributed by atoms with Gasteiger partial charge in [0.25, 0.3) is 0 Å². The summed E-state index contributed by atoms with van der Waals surface area (Å²) in [7, 11) is 2.43. The maximum atomic E-state index is 12.5. The Hall–Kier alpha value is -2.43. The standard InChI is InChI=1S/C19H24O5/c1-5-15(17(18(21)23-3)19(22)24-4)13(2)16(20)12-11-14-9-7-6-8-10-14/h6-13,15,17H,5H2,1-4H3/b12-11+/t13-,15+/m1/s1. The molecular formula is C19H24O5. The lowest BCUT2D eigenvalue weighted by molar-refractivity contribution is -0.162. The van der Waals surface area contributed by atoms with Gasteiger partial charge in [0.15, 0.2) is 11.7 Å². The molecule has 1 aromatic carbocycles. The second-order valence-corrected chi connectivity index (χ2v) is 5.53. The molecule has 0 spiro atoms. The highest BCUT2D eigenvalue weighted by Crippen LogP contribution is 2.28. The monoisotopic (exact) mass is 332 g/mol. The van der Waals surface area contributed by atoms with Crippen LogP contribution < -0.4 is 0 Å². The van der Waals surface area contributed by atoms with Crippen LogP contribution in [-0.2, 0) is 23.9 Å². The summed E-state index contributed by atoms with van der Waals surface area (Å²) < 4.78 is 9.42. The number of ketones is 1. The first kappa shape index (κ1) is 19.6. The maximum Gasteiger partial charge on any atom is 0.320 e. The number of hydrogen-bond acceptors (Lipinski definition) is 5. The predicted molar refractivity (Wildman–Crippen MR) is 91.0 cm³/mol. The van der Waals surface area contributed by atoms with Crippen LogP contribution in [0.2, 0.25) is 0 Å². The third-order valence-corrected chi connectivity index (χ3v) is 4.14. The molecule has 0 aromatic heterocycles.